The molecule has 2 aromatic carbocycles. The van der Waals surface area contributed by atoms with Gasteiger partial charge in [-0.1, -0.05) is 95.5 Å². The Bertz CT molecular complexity index is 1510. The Kier molecular flexibility index (Phi) is 12.4. The number of rotatable bonds is 12. The Morgan fingerprint density at radius 2 is 1.13 bits per heavy atom. The van der Waals surface area contributed by atoms with Gasteiger partial charge >= 0.3 is 5.97 Å². The number of ether oxygens (including phenoxy) is 11. The van der Waals surface area contributed by atoms with E-state index in [4.69, 9.17) is 92.3 Å². The van der Waals surface area contributed by atoms with Crippen LogP contribution >= 0.6 is 34.8 Å². The first-order chi connectivity index (χ1) is 24.6. The van der Waals surface area contributed by atoms with Gasteiger partial charge in [-0.05, 0) is 38.8 Å². The molecule has 0 spiro atoms. The summed E-state index contributed by atoms with van der Waals surface area (Å²) in [6.07, 6.45) is -8.40. The summed E-state index contributed by atoms with van der Waals surface area (Å²) in [6.45, 7) is 8.60. The molecular weight excluding hydrogens is 745 g/mol. The minimum Gasteiger partial charge on any atom is -0.463 e. The first kappa shape index (κ1) is 39.6. The van der Waals surface area contributed by atoms with Gasteiger partial charge in [0, 0.05) is 6.92 Å². The van der Waals surface area contributed by atoms with Crippen LogP contribution in [-0.2, 0) is 70.1 Å². The fraction of sp³-hybridized carbons (Fsp3) is 0.611. The maximum absolute atomic E-state index is 11.8. The zero-order valence-electron chi connectivity index (χ0n) is 29.4. The van der Waals surface area contributed by atoms with E-state index in [-0.39, 0.29) is 26.4 Å². The van der Waals surface area contributed by atoms with Crippen LogP contribution in [0, 0.1) is 5.41 Å². The number of hydrogen-bond donors (Lipinski definition) is 1. The number of nitrogens with one attached hydrogen (secondary N) is 1. The number of benzene rings is 2. The summed E-state index contributed by atoms with van der Waals surface area (Å²) < 4.78 is 66.4. The molecule has 0 amide bonds. The molecule has 286 valence electrons. The van der Waals surface area contributed by atoms with Gasteiger partial charge in [0.1, 0.15) is 55.4 Å². The number of carbonyl (C=O) groups excluding carboxylic acids is 1. The van der Waals surface area contributed by atoms with Crippen LogP contribution in [0.5, 0.6) is 0 Å². The molecule has 4 fully saturated rings. The molecule has 4 aliphatic heterocycles. The van der Waals surface area contributed by atoms with Crippen LogP contribution in [0.4, 0.5) is 0 Å². The standard InChI is InChI=1S/C36H44Cl3NO12/c1-20(41)42-18-23-25-27(51-34(2,3)49-25)29(43-16-21-12-8-6-9-13-21)31(46-23)45-19-24-26-28(52-35(4,5)50-26)30(44-17-22-14-10-7-11-15-22)32(47-24)48-33(40)36(37,38)39/h6-15,23-32,40H,16-19H2,1-5H3/t23-,24-,25+,26+,27+,28+,29-,30-,31?,32?/m1/s1. The number of fused-ring (bicyclic) bond motifs is 2. The molecule has 1 N–H and O–H groups in total. The summed E-state index contributed by atoms with van der Waals surface area (Å²) >= 11 is 18.0. The second kappa shape index (κ2) is 16.3. The lowest BCUT2D eigenvalue weighted by atomic mass is 9.98. The first-order valence-corrected chi connectivity index (χ1v) is 18.1. The number of alkyl halides is 3. The lowest BCUT2D eigenvalue weighted by Crippen LogP contribution is -2.61. The Morgan fingerprint density at radius 1 is 0.692 bits per heavy atom. The topological polar surface area (TPSA) is 142 Å². The van der Waals surface area contributed by atoms with Crippen LogP contribution in [0.15, 0.2) is 60.7 Å². The number of hydrogen-bond acceptors (Lipinski definition) is 13. The van der Waals surface area contributed by atoms with Crippen molar-refractivity contribution in [3.05, 3.63) is 71.8 Å². The average Bonchev–Trinajstić information content (AvgIpc) is 3.59. The van der Waals surface area contributed by atoms with Crippen molar-refractivity contribution >= 4 is 46.7 Å². The molecule has 10 atom stereocenters. The van der Waals surface area contributed by atoms with Crippen molar-refractivity contribution in [3.63, 3.8) is 0 Å². The zero-order chi connectivity index (χ0) is 37.3. The van der Waals surface area contributed by atoms with Gasteiger partial charge in [-0.15, -0.1) is 0 Å². The van der Waals surface area contributed by atoms with Gasteiger partial charge in [-0.3, -0.25) is 10.2 Å². The number of carbonyl (C=O) groups is 1. The van der Waals surface area contributed by atoms with Crippen LogP contribution in [0.3, 0.4) is 0 Å². The molecule has 13 nitrogen and oxygen atoms in total. The molecule has 0 radical (unpaired) electrons. The van der Waals surface area contributed by atoms with E-state index < -0.39 is 88.6 Å². The molecule has 52 heavy (non-hydrogen) atoms. The third-order valence-corrected chi connectivity index (χ3v) is 9.31. The SMILES string of the molecule is CC(=O)OC[C@H]1OC(OC[C@H]2OC(OC(=N)C(Cl)(Cl)Cl)[C@H](OCc3ccccc3)[C@H]3OC(C)(C)O[C@H]32)[C@H](OCc2ccccc2)[C@H]2OC(C)(C)O[C@H]21. The molecule has 0 aliphatic carbocycles. The average molecular weight is 789 g/mol. The fourth-order valence-corrected chi connectivity index (χ4v) is 6.76. The van der Waals surface area contributed by atoms with E-state index in [1.165, 1.54) is 6.92 Å². The Hall–Kier alpha value is -2.11. The molecule has 16 heteroatoms. The predicted molar refractivity (Wildman–Crippen MR) is 187 cm³/mol. The van der Waals surface area contributed by atoms with Crippen LogP contribution in [0.25, 0.3) is 0 Å². The molecule has 0 saturated carbocycles. The summed E-state index contributed by atoms with van der Waals surface area (Å²) in [4.78, 5) is 11.8. The smallest absolute Gasteiger partial charge is 0.302 e. The minimum absolute atomic E-state index is 0.105. The second-order valence-electron chi connectivity index (χ2n) is 13.8. The van der Waals surface area contributed by atoms with Gasteiger partial charge in [0.2, 0.25) is 12.2 Å². The highest BCUT2D eigenvalue weighted by atomic mass is 35.6. The van der Waals surface area contributed by atoms with Crippen LogP contribution in [0.1, 0.15) is 45.7 Å². The monoisotopic (exact) mass is 787 g/mol. The normalized spacial score (nSPS) is 33.5. The molecule has 0 aromatic heterocycles. The maximum Gasteiger partial charge on any atom is 0.302 e. The molecule has 2 aromatic rings. The zero-order valence-corrected chi connectivity index (χ0v) is 31.7. The summed E-state index contributed by atoms with van der Waals surface area (Å²) in [5, 5.41) is 8.34. The Morgan fingerprint density at radius 3 is 1.62 bits per heavy atom. The van der Waals surface area contributed by atoms with Crippen molar-refractivity contribution < 1.29 is 56.9 Å². The quantitative estimate of drug-likeness (QED) is 0.124. The summed E-state index contributed by atoms with van der Waals surface area (Å²) in [5.74, 6) is -3.17. The molecule has 2 unspecified atom stereocenters. The lowest BCUT2D eigenvalue weighted by Gasteiger charge is -2.44. The number of halogens is 3. The molecule has 4 heterocycles. The summed E-state index contributed by atoms with van der Waals surface area (Å²) in [7, 11) is 0. The van der Waals surface area contributed by atoms with E-state index in [1.54, 1.807) is 27.7 Å². The van der Waals surface area contributed by atoms with Crippen LogP contribution < -0.4 is 0 Å². The molecule has 6 rings (SSSR count). The van der Waals surface area contributed by atoms with Gasteiger partial charge in [0.25, 0.3) is 3.79 Å². The van der Waals surface area contributed by atoms with Gasteiger partial charge in [0.05, 0.1) is 19.8 Å². The van der Waals surface area contributed by atoms with E-state index in [2.05, 4.69) is 0 Å². The summed E-state index contributed by atoms with van der Waals surface area (Å²) in [5.41, 5.74) is 1.81. The second-order valence-corrected chi connectivity index (χ2v) is 16.1. The van der Waals surface area contributed by atoms with Crippen molar-refractivity contribution in [3.8, 4) is 0 Å². The van der Waals surface area contributed by atoms with Crippen LogP contribution in [0.2, 0.25) is 0 Å². The predicted octanol–water partition coefficient (Wildman–Crippen LogP) is 5.59. The summed E-state index contributed by atoms with van der Waals surface area (Å²) in [6, 6.07) is 19.1. The molecule has 4 saturated heterocycles. The number of esters is 1. The Balaban J connectivity index is 1.25. The highest BCUT2D eigenvalue weighted by Gasteiger charge is 2.59. The van der Waals surface area contributed by atoms with E-state index >= 15 is 0 Å². The van der Waals surface area contributed by atoms with Crippen molar-refractivity contribution in [1.29, 1.82) is 5.41 Å². The van der Waals surface area contributed by atoms with Gasteiger partial charge < -0.3 is 52.1 Å². The highest BCUT2D eigenvalue weighted by molar-refractivity contribution is 6.76. The van der Waals surface area contributed by atoms with Gasteiger partial charge in [0.15, 0.2) is 17.9 Å². The molecule has 4 aliphatic rings. The highest BCUT2D eigenvalue weighted by Crippen LogP contribution is 2.42. The van der Waals surface area contributed by atoms with E-state index in [0.717, 1.165) is 11.1 Å². The largest absolute Gasteiger partial charge is 0.463 e. The van der Waals surface area contributed by atoms with Gasteiger partial charge in [-0.25, -0.2) is 0 Å². The molecule has 0 bridgehead atoms. The maximum atomic E-state index is 11.8. The van der Waals surface area contributed by atoms with Crippen LogP contribution in [-0.4, -0.2) is 102 Å². The lowest BCUT2D eigenvalue weighted by molar-refractivity contribution is -0.317. The fourth-order valence-electron chi connectivity index (χ4n) is 6.63. The van der Waals surface area contributed by atoms with Crippen molar-refractivity contribution in [2.45, 2.75) is 125 Å². The van der Waals surface area contributed by atoms with E-state index in [0.29, 0.717) is 0 Å². The van der Waals surface area contributed by atoms with Crippen molar-refractivity contribution in [2.24, 2.45) is 0 Å². The Labute approximate surface area is 317 Å². The van der Waals surface area contributed by atoms with E-state index in [1.807, 2.05) is 60.7 Å². The van der Waals surface area contributed by atoms with Crippen molar-refractivity contribution in [2.75, 3.05) is 13.2 Å². The van der Waals surface area contributed by atoms with Crippen molar-refractivity contribution in [1.82, 2.24) is 0 Å². The molecular formula is C36H44Cl3NO12. The first-order valence-electron chi connectivity index (χ1n) is 17.0. The minimum atomic E-state index is -2.17. The van der Waals surface area contributed by atoms with Gasteiger partial charge in [-0.2, -0.15) is 0 Å². The van der Waals surface area contributed by atoms with E-state index in [9.17, 15) is 4.79 Å². The third-order valence-electron chi connectivity index (χ3n) is 8.80. The third kappa shape index (κ3) is 9.76.